The van der Waals surface area contributed by atoms with E-state index in [1.807, 2.05) is 13.0 Å². The normalized spacial score (nSPS) is 13.3. The number of carbonyl (C=O) groups excluding carboxylic acids is 1. The van der Waals surface area contributed by atoms with Crippen LogP contribution >= 0.6 is 0 Å². The number of aromatic nitrogens is 1. The van der Waals surface area contributed by atoms with E-state index in [0.29, 0.717) is 46.0 Å². The Morgan fingerprint density at radius 2 is 2.10 bits per heavy atom. The Morgan fingerprint density at radius 3 is 2.83 bits per heavy atom. The summed E-state index contributed by atoms with van der Waals surface area (Å²) in [6, 6.07) is 9.86. The number of fused-ring (bicyclic) bond motifs is 1. The van der Waals surface area contributed by atoms with Crippen molar-refractivity contribution >= 4 is 22.4 Å². The molecule has 1 heterocycles. The van der Waals surface area contributed by atoms with Gasteiger partial charge < -0.3 is 4.74 Å². The number of nitrogens with zero attached hydrogens (tertiary/aromatic N) is 2. The predicted octanol–water partition coefficient (Wildman–Crippen LogP) is 6.33. The maximum atomic E-state index is 14.5. The third-order valence-electron chi connectivity index (χ3n) is 5.31. The maximum absolute atomic E-state index is 14.5. The number of benzene rings is 2. The SMILES string of the molecule is [C-]#[N+]c1cc2c(Oc3ccc(CC(=O)CCC4CC4)c(F)c3)ccnc2cc1C. The van der Waals surface area contributed by atoms with Crippen LogP contribution in [0.3, 0.4) is 0 Å². The van der Waals surface area contributed by atoms with E-state index in [1.165, 1.54) is 18.9 Å². The highest BCUT2D eigenvalue weighted by Gasteiger charge is 2.22. The summed E-state index contributed by atoms with van der Waals surface area (Å²) >= 11 is 0. The molecule has 5 heteroatoms. The number of hydrogen-bond acceptors (Lipinski definition) is 3. The molecular formula is C24H21FN2O2. The van der Waals surface area contributed by atoms with Crippen LogP contribution in [0.15, 0.2) is 42.6 Å². The van der Waals surface area contributed by atoms with Crippen LogP contribution in [0.1, 0.15) is 36.8 Å². The molecule has 1 aliphatic rings. The monoisotopic (exact) mass is 388 g/mol. The molecular weight excluding hydrogens is 367 g/mol. The first-order valence-electron chi connectivity index (χ1n) is 9.78. The smallest absolute Gasteiger partial charge is 0.191 e. The van der Waals surface area contributed by atoms with E-state index >= 15 is 0 Å². The molecule has 29 heavy (non-hydrogen) atoms. The van der Waals surface area contributed by atoms with Crippen molar-refractivity contribution in [2.75, 3.05) is 0 Å². The first-order chi connectivity index (χ1) is 14.0. The van der Waals surface area contributed by atoms with E-state index in [0.717, 1.165) is 12.0 Å². The van der Waals surface area contributed by atoms with Crippen molar-refractivity contribution in [2.24, 2.45) is 5.92 Å². The van der Waals surface area contributed by atoms with Gasteiger partial charge in [0.25, 0.3) is 0 Å². The Morgan fingerprint density at radius 1 is 1.28 bits per heavy atom. The summed E-state index contributed by atoms with van der Waals surface area (Å²) in [6.45, 7) is 9.17. The number of carbonyl (C=O) groups is 1. The number of aryl methyl sites for hydroxylation is 1. The van der Waals surface area contributed by atoms with Crippen LogP contribution in [0.25, 0.3) is 15.7 Å². The van der Waals surface area contributed by atoms with Gasteiger partial charge in [0.15, 0.2) is 5.69 Å². The van der Waals surface area contributed by atoms with Crippen molar-refractivity contribution in [3.63, 3.8) is 0 Å². The van der Waals surface area contributed by atoms with Crippen molar-refractivity contribution in [3.05, 3.63) is 71.0 Å². The molecule has 1 aliphatic carbocycles. The molecule has 2 aromatic carbocycles. The van der Waals surface area contributed by atoms with E-state index in [4.69, 9.17) is 11.3 Å². The number of halogens is 1. The first kappa shape index (κ1) is 19.1. The van der Waals surface area contributed by atoms with Crippen LogP contribution in [0, 0.1) is 25.2 Å². The Kier molecular flexibility index (Phi) is 5.26. The molecule has 0 N–H and O–H groups in total. The van der Waals surface area contributed by atoms with Crippen molar-refractivity contribution in [1.82, 2.24) is 4.98 Å². The van der Waals surface area contributed by atoms with E-state index < -0.39 is 5.82 Å². The fraction of sp³-hybridized carbons (Fsp3) is 0.292. The fourth-order valence-electron chi connectivity index (χ4n) is 3.40. The summed E-state index contributed by atoms with van der Waals surface area (Å²) in [6.07, 6.45) is 5.61. The van der Waals surface area contributed by atoms with E-state index in [9.17, 15) is 9.18 Å². The molecule has 0 aliphatic heterocycles. The van der Waals surface area contributed by atoms with Crippen LogP contribution in [0.2, 0.25) is 0 Å². The lowest BCUT2D eigenvalue weighted by Crippen LogP contribution is -2.05. The Balaban J connectivity index is 1.53. The molecule has 0 unspecified atom stereocenters. The molecule has 0 atom stereocenters. The molecule has 1 fully saturated rings. The van der Waals surface area contributed by atoms with Crippen LogP contribution < -0.4 is 4.74 Å². The topological polar surface area (TPSA) is 43.5 Å². The Hall–Kier alpha value is -3.26. The molecule has 1 saturated carbocycles. The summed E-state index contributed by atoms with van der Waals surface area (Å²) < 4.78 is 20.4. The minimum atomic E-state index is -0.446. The van der Waals surface area contributed by atoms with Crippen molar-refractivity contribution < 1.29 is 13.9 Å². The average molecular weight is 388 g/mol. The molecule has 1 aromatic heterocycles. The summed E-state index contributed by atoms with van der Waals surface area (Å²) in [7, 11) is 0. The van der Waals surface area contributed by atoms with Crippen molar-refractivity contribution in [2.45, 2.75) is 39.0 Å². The number of Topliss-reactive ketones (excluding diaryl/α,β-unsaturated/α-hetero) is 1. The summed E-state index contributed by atoms with van der Waals surface area (Å²) in [4.78, 5) is 19.9. The standard InChI is InChI=1S/C24H21FN2O2/c1-15-11-23-20(14-22(15)26-2)24(9-10-27-23)29-19-8-6-17(21(25)13-19)12-18(28)7-5-16-3-4-16/h6,8-11,13-14,16H,3-5,7,12H2,1H3. The zero-order chi connectivity index (χ0) is 20.4. The van der Waals surface area contributed by atoms with Gasteiger partial charge in [-0.25, -0.2) is 9.24 Å². The zero-order valence-electron chi connectivity index (χ0n) is 16.2. The molecule has 0 bridgehead atoms. The van der Waals surface area contributed by atoms with E-state index in [-0.39, 0.29) is 12.2 Å². The largest absolute Gasteiger partial charge is 0.457 e. The number of ether oxygens (including phenoxy) is 1. The predicted molar refractivity (Wildman–Crippen MR) is 110 cm³/mol. The Labute approximate surface area is 169 Å². The van der Waals surface area contributed by atoms with Gasteiger partial charge in [0.2, 0.25) is 0 Å². The number of pyridine rings is 1. The molecule has 0 spiro atoms. The quantitative estimate of drug-likeness (QED) is 0.444. The van der Waals surface area contributed by atoms with Crippen LogP contribution in [0.4, 0.5) is 10.1 Å². The lowest BCUT2D eigenvalue weighted by molar-refractivity contribution is -0.118. The second-order valence-corrected chi connectivity index (χ2v) is 7.63. The first-order valence-corrected chi connectivity index (χ1v) is 9.78. The van der Waals surface area contributed by atoms with Crippen LogP contribution in [-0.2, 0) is 11.2 Å². The van der Waals surface area contributed by atoms with Gasteiger partial charge in [0, 0.05) is 30.5 Å². The summed E-state index contributed by atoms with van der Waals surface area (Å²) in [5.74, 6) is 1.17. The maximum Gasteiger partial charge on any atom is 0.191 e. The summed E-state index contributed by atoms with van der Waals surface area (Å²) in [5, 5.41) is 0.698. The minimum absolute atomic E-state index is 0.0756. The highest BCUT2D eigenvalue weighted by molar-refractivity contribution is 5.89. The van der Waals surface area contributed by atoms with Crippen LogP contribution in [0.5, 0.6) is 11.5 Å². The lowest BCUT2D eigenvalue weighted by Gasteiger charge is -2.11. The van der Waals surface area contributed by atoms with Gasteiger partial charge in [-0.1, -0.05) is 18.9 Å². The molecule has 0 saturated heterocycles. The highest BCUT2D eigenvalue weighted by Crippen LogP contribution is 2.35. The third-order valence-corrected chi connectivity index (χ3v) is 5.31. The number of rotatable bonds is 7. The fourth-order valence-corrected chi connectivity index (χ4v) is 3.40. The van der Waals surface area contributed by atoms with Crippen molar-refractivity contribution in [1.29, 1.82) is 0 Å². The van der Waals surface area contributed by atoms with Crippen molar-refractivity contribution in [3.8, 4) is 11.5 Å². The van der Waals surface area contributed by atoms with E-state index in [1.54, 1.807) is 30.5 Å². The lowest BCUT2D eigenvalue weighted by atomic mass is 10.0. The van der Waals surface area contributed by atoms with E-state index in [2.05, 4.69) is 9.83 Å². The van der Waals surface area contributed by atoms with Crippen LogP contribution in [-0.4, -0.2) is 10.8 Å². The summed E-state index contributed by atoms with van der Waals surface area (Å²) in [5.41, 5.74) is 2.48. The zero-order valence-corrected chi connectivity index (χ0v) is 16.2. The van der Waals surface area contributed by atoms with Gasteiger partial charge in [0.05, 0.1) is 12.1 Å². The number of hydrogen-bond donors (Lipinski definition) is 0. The van der Waals surface area contributed by atoms with Gasteiger partial charge in [-0.2, -0.15) is 0 Å². The van der Waals surface area contributed by atoms with Gasteiger partial charge >= 0.3 is 0 Å². The van der Waals surface area contributed by atoms with Gasteiger partial charge in [0.1, 0.15) is 23.1 Å². The molecule has 146 valence electrons. The Bertz CT molecular complexity index is 1130. The van der Waals surface area contributed by atoms with Gasteiger partial charge in [-0.3, -0.25) is 9.78 Å². The molecule has 3 aromatic rings. The third kappa shape index (κ3) is 4.43. The molecule has 0 amide bonds. The molecule has 0 radical (unpaired) electrons. The van der Waals surface area contributed by atoms with Gasteiger partial charge in [-0.15, -0.1) is 0 Å². The van der Waals surface area contributed by atoms with Gasteiger partial charge in [-0.05, 0) is 54.7 Å². The highest BCUT2D eigenvalue weighted by atomic mass is 19.1. The minimum Gasteiger partial charge on any atom is -0.457 e. The molecule has 4 rings (SSSR count). The second kappa shape index (κ2) is 8.00. The second-order valence-electron chi connectivity index (χ2n) is 7.63. The molecule has 4 nitrogen and oxygen atoms in total. The average Bonchev–Trinajstić information content (AvgIpc) is 3.53. The number of ketones is 1.